The molecule has 0 bridgehead atoms. The fourth-order valence-electron chi connectivity index (χ4n) is 3.99. The molecule has 9 nitrogen and oxygen atoms in total. The number of Topliss-reactive ketones (excluding diaryl/α,β-unsaturated/α-hetero) is 1. The lowest BCUT2D eigenvalue weighted by Gasteiger charge is -2.19. The predicted octanol–water partition coefficient (Wildman–Crippen LogP) is 2.33. The summed E-state index contributed by atoms with van der Waals surface area (Å²) in [6.45, 7) is -0.260. The number of amides is 1. The number of hydrogen-bond donors (Lipinski definition) is 3. The van der Waals surface area contributed by atoms with Gasteiger partial charge >= 0.3 is 5.69 Å². The molecule has 1 atom stereocenters. The van der Waals surface area contributed by atoms with E-state index < -0.39 is 23.1 Å². The molecular weight excluding hydrogens is 470 g/mol. The average molecular weight is 498 g/mol. The lowest BCUT2D eigenvalue weighted by Crippen LogP contribution is -2.44. The van der Waals surface area contributed by atoms with Gasteiger partial charge in [0.15, 0.2) is 5.78 Å². The molecule has 37 heavy (non-hydrogen) atoms. The van der Waals surface area contributed by atoms with Crippen molar-refractivity contribution in [2.45, 2.75) is 12.6 Å². The van der Waals surface area contributed by atoms with Gasteiger partial charge in [-0.2, -0.15) is 0 Å². The summed E-state index contributed by atoms with van der Waals surface area (Å²) in [7, 11) is 1.30. The standard InChI is InChI=1S/C28H27N5O4/c1-32-27(36)23(25(29)33(28(32)37)18-19-11-5-2-6-12-19)22(34)17-30-24(20-13-7-3-8-14-20)26(35)31-21-15-9-4-10-16-21/h2-16,24,30H,17-18,29H2,1H3,(H,31,35). The van der Waals surface area contributed by atoms with Crippen LogP contribution < -0.4 is 27.6 Å². The Morgan fingerprint density at radius 1 is 0.865 bits per heavy atom. The molecule has 0 aliphatic rings. The third-order valence-electron chi connectivity index (χ3n) is 5.95. The maximum absolute atomic E-state index is 13.3. The highest BCUT2D eigenvalue weighted by Crippen LogP contribution is 2.17. The van der Waals surface area contributed by atoms with Gasteiger partial charge in [-0.05, 0) is 23.3 Å². The van der Waals surface area contributed by atoms with Crippen LogP contribution in [0.3, 0.4) is 0 Å². The van der Waals surface area contributed by atoms with E-state index in [2.05, 4.69) is 10.6 Å². The van der Waals surface area contributed by atoms with Gasteiger partial charge in [0, 0.05) is 12.7 Å². The smallest absolute Gasteiger partial charge is 0.332 e. The van der Waals surface area contributed by atoms with Gasteiger partial charge in [0.2, 0.25) is 5.91 Å². The van der Waals surface area contributed by atoms with E-state index in [0.717, 1.165) is 10.1 Å². The van der Waals surface area contributed by atoms with Crippen molar-refractivity contribution < 1.29 is 9.59 Å². The highest BCUT2D eigenvalue weighted by molar-refractivity contribution is 6.02. The normalized spacial score (nSPS) is 11.6. The van der Waals surface area contributed by atoms with Gasteiger partial charge in [-0.15, -0.1) is 0 Å². The number of nitrogens with two attached hydrogens (primary N) is 1. The second-order valence-corrected chi connectivity index (χ2v) is 8.48. The number of anilines is 2. The Kier molecular flexibility index (Phi) is 7.75. The highest BCUT2D eigenvalue weighted by Gasteiger charge is 2.25. The van der Waals surface area contributed by atoms with Crippen LogP contribution in [0, 0.1) is 0 Å². The quantitative estimate of drug-likeness (QED) is 0.305. The third kappa shape index (κ3) is 5.74. The van der Waals surface area contributed by atoms with Gasteiger partial charge in [0.1, 0.15) is 17.4 Å². The number of nitrogen functional groups attached to an aromatic ring is 1. The molecule has 0 saturated heterocycles. The zero-order chi connectivity index (χ0) is 26.4. The predicted molar refractivity (Wildman–Crippen MR) is 142 cm³/mol. The Bertz CT molecular complexity index is 1510. The van der Waals surface area contributed by atoms with Crippen molar-refractivity contribution in [2.75, 3.05) is 17.6 Å². The van der Waals surface area contributed by atoms with Crippen LogP contribution in [-0.4, -0.2) is 27.4 Å². The van der Waals surface area contributed by atoms with Crippen LogP contribution in [0.5, 0.6) is 0 Å². The summed E-state index contributed by atoms with van der Waals surface area (Å²) in [5.41, 5.74) is 6.51. The Hall–Kier alpha value is -4.76. The third-order valence-corrected chi connectivity index (χ3v) is 5.95. The molecule has 0 aliphatic carbocycles. The van der Waals surface area contributed by atoms with Gasteiger partial charge in [0.05, 0.1) is 13.1 Å². The van der Waals surface area contributed by atoms with E-state index in [4.69, 9.17) is 5.73 Å². The molecule has 4 aromatic rings. The summed E-state index contributed by atoms with van der Waals surface area (Å²) >= 11 is 0. The van der Waals surface area contributed by atoms with Crippen LogP contribution in [0.15, 0.2) is 101 Å². The summed E-state index contributed by atoms with van der Waals surface area (Å²) in [6, 6.07) is 26.1. The molecule has 0 radical (unpaired) electrons. The molecule has 1 heterocycles. The second kappa shape index (κ2) is 11.3. The first-order chi connectivity index (χ1) is 17.9. The van der Waals surface area contributed by atoms with Crippen LogP contribution in [0.25, 0.3) is 0 Å². The Morgan fingerprint density at radius 3 is 2.05 bits per heavy atom. The van der Waals surface area contributed by atoms with Crippen LogP contribution >= 0.6 is 0 Å². The van der Waals surface area contributed by atoms with Gasteiger partial charge in [-0.3, -0.25) is 28.8 Å². The summed E-state index contributed by atoms with van der Waals surface area (Å²) in [4.78, 5) is 52.1. The number of hydrogen-bond acceptors (Lipinski definition) is 6. The van der Waals surface area contributed by atoms with E-state index in [9.17, 15) is 19.2 Å². The largest absolute Gasteiger partial charge is 0.384 e. The zero-order valence-electron chi connectivity index (χ0n) is 20.3. The highest BCUT2D eigenvalue weighted by atomic mass is 16.2. The molecule has 4 N–H and O–H groups in total. The summed E-state index contributed by atoms with van der Waals surface area (Å²) in [5, 5.41) is 5.79. The number of aromatic nitrogens is 2. The van der Waals surface area contributed by atoms with Crippen LogP contribution in [0.4, 0.5) is 11.5 Å². The topological polar surface area (TPSA) is 128 Å². The zero-order valence-corrected chi connectivity index (χ0v) is 20.3. The van der Waals surface area contributed by atoms with E-state index in [1.807, 2.05) is 42.5 Å². The van der Waals surface area contributed by atoms with E-state index in [1.54, 1.807) is 48.5 Å². The summed E-state index contributed by atoms with van der Waals surface area (Å²) in [5.74, 6) is -1.22. The van der Waals surface area contributed by atoms with Gasteiger partial charge < -0.3 is 11.1 Å². The number of nitrogens with one attached hydrogen (secondary N) is 2. The lowest BCUT2D eigenvalue weighted by molar-refractivity contribution is -0.118. The van der Waals surface area contributed by atoms with Crippen molar-refractivity contribution in [3.8, 4) is 0 Å². The van der Waals surface area contributed by atoms with Crippen LogP contribution in [-0.2, 0) is 18.4 Å². The number of carbonyl (C=O) groups is 2. The number of para-hydroxylation sites is 1. The average Bonchev–Trinajstić information content (AvgIpc) is 2.92. The lowest BCUT2D eigenvalue weighted by atomic mass is 10.1. The number of rotatable bonds is 9. The van der Waals surface area contributed by atoms with Crippen LogP contribution in [0.2, 0.25) is 0 Å². The van der Waals surface area contributed by atoms with Crippen molar-refractivity contribution in [2.24, 2.45) is 7.05 Å². The molecular formula is C28H27N5O4. The molecule has 4 rings (SSSR count). The first-order valence-corrected chi connectivity index (χ1v) is 11.7. The molecule has 0 spiro atoms. The maximum Gasteiger partial charge on any atom is 0.332 e. The molecule has 3 aromatic carbocycles. The molecule has 188 valence electrons. The summed E-state index contributed by atoms with van der Waals surface area (Å²) < 4.78 is 2.06. The first kappa shape index (κ1) is 25.3. The molecule has 1 unspecified atom stereocenters. The first-order valence-electron chi connectivity index (χ1n) is 11.7. The van der Waals surface area contributed by atoms with Gasteiger partial charge in [-0.25, -0.2) is 4.79 Å². The van der Waals surface area contributed by atoms with E-state index >= 15 is 0 Å². The van der Waals surface area contributed by atoms with E-state index in [0.29, 0.717) is 11.3 Å². The van der Waals surface area contributed by atoms with Crippen molar-refractivity contribution in [1.29, 1.82) is 0 Å². The number of nitrogens with zero attached hydrogens (tertiary/aromatic N) is 2. The number of ketones is 1. The maximum atomic E-state index is 13.3. The van der Waals surface area contributed by atoms with Gasteiger partial charge in [-0.1, -0.05) is 78.9 Å². The molecule has 1 aromatic heterocycles. The van der Waals surface area contributed by atoms with E-state index in [-0.39, 0.29) is 30.4 Å². The van der Waals surface area contributed by atoms with Gasteiger partial charge in [0.25, 0.3) is 5.56 Å². The Labute approximate surface area is 213 Å². The molecule has 0 saturated carbocycles. The fraction of sp³-hybridized carbons (Fsp3) is 0.143. The number of benzene rings is 3. The molecule has 9 heteroatoms. The molecule has 0 aliphatic heterocycles. The Balaban J connectivity index is 1.61. The van der Waals surface area contributed by atoms with E-state index in [1.165, 1.54) is 11.6 Å². The minimum absolute atomic E-state index is 0.0967. The SMILES string of the molecule is Cn1c(=O)c(C(=O)CNC(C(=O)Nc2ccccc2)c2ccccc2)c(N)n(Cc2ccccc2)c1=O. The minimum Gasteiger partial charge on any atom is -0.384 e. The minimum atomic E-state index is -0.884. The van der Waals surface area contributed by atoms with Crippen molar-refractivity contribution in [3.63, 3.8) is 0 Å². The summed E-state index contributed by atoms with van der Waals surface area (Å²) in [6.07, 6.45) is 0. The molecule has 1 amide bonds. The second-order valence-electron chi connectivity index (χ2n) is 8.48. The monoisotopic (exact) mass is 497 g/mol. The fourth-order valence-corrected chi connectivity index (χ4v) is 3.99. The molecule has 0 fully saturated rings. The Morgan fingerprint density at radius 2 is 1.43 bits per heavy atom. The van der Waals surface area contributed by atoms with Crippen molar-refractivity contribution >= 4 is 23.2 Å². The van der Waals surface area contributed by atoms with Crippen molar-refractivity contribution in [1.82, 2.24) is 14.5 Å². The number of carbonyl (C=O) groups excluding carboxylic acids is 2. The van der Waals surface area contributed by atoms with Crippen molar-refractivity contribution in [3.05, 3.63) is 129 Å². The van der Waals surface area contributed by atoms with Crippen LogP contribution in [0.1, 0.15) is 27.5 Å².